The Hall–Kier alpha value is -1.22. The minimum Gasteiger partial charge on any atom is -0.454 e. The molecule has 98 valence electrons. The zero-order valence-electron chi connectivity index (χ0n) is 10.9. The number of ether oxygens (including phenoxy) is 2. The lowest BCUT2D eigenvalue weighted by atomic mass is 9.87. The number of nitrogens with one attached hydrogen (secondary N) is 1. The van der Waals surface area contributed by atoms with Crippen molar-refractivity contribution in [2.24, 2.45) is 5.92 Å². The van der Waals surface area contributed by atoms with E-state index in [0.29, 0.717) is 12.8 Å². The van der Waals surface area contributed by atoms with Crippen molar-refractivity contribution in [1.82, 2.24) is 5.32 Å². The lowest BCUT2D eigenvalue weighted by Crippen LogP contribution is -2.33. The Bertz CT molecular complexity index is 419. The monoisotopic (exact) mass is 247 g/mol. The maximum Gasteiger partial charge on any atom is 0.231 e. The van der Waals surface area contributed by atoms with Crippen LogP contribution in [0.3, 0.4) is 0 Å². The molecule has 1 heterocycles. The second-order valence-corrected chi connectivity index (χ2v) is 5.54. The van der Waals surface area contributed by atoms with Gasteiger partial charge in [0.25, 0.3) is 0 Å². The third-order valence-electron chi connectivity index (χ3n) is 3.97. The van der Waals surface area contributed by atoms with Crippen LogP contribution in [0.2, 0.25) is 0 Å². The molecule has 1 fully saturated rings. The Morgan fingerprint density at radius 3 is 3.00 bits per heavy atom. The van der Waals surface area contributed by atoms with Crippen molar-refractivity contribution < 1.29 is 9.47 Å². The summed E-state index contributed by atoms with van der Waals surface area (Å²) in [7, 11) is 0. The Balaban J connectivity index is 1.56. The first-order valence-corrected chi connectivity index (χ1v) is 6.93. The normalized spacial score (nSPS) is 26.3. The summed E-state index contributed by atoms with van der Waals surface area (Å²) in [5, 5.41) is 3.66. The highest BCUT2D eigenvalue weighted by atomic mass is 16.7. The van der Waals surface area contributed by atoms with E-state index in [2.05, 4.69) is 24.4 Å². The molecule has 18 heavy (non-hydrogen) atoms. The molecule has 0 bridgehead atoms. The average molecular weight is 247 g/mol. The SMILES string of the molecule is C[C@H]1CCC[C@@H](NCc2ccc3c(c2)OCO3)C1. The Labute approximate surface area is 108 Å². The third kappa shape index (κ3) is 2.61. The van der Waals surface area contributed by atoms with Crippen LogP contribution in [0.4, 0.5) is 0 Å². The quantitative estimate of drug-likeness (QED) is 0.890. The number of hydrogen-bond donors (Lipinski definition) is 1. The summed E-state index contributed by atoms with van der Waals surface area (Å²) in [6.07, 6.45) is 5.38. The van der Waals surface area contributed by atoms with Gasteiger partial charge in [-0.05, 0) is 36.5 Å². The molecule has 3 rings (SSSR count). The van der Waals surface area contributed by atoms with Crippen LogP contribution in [-0.4, -0.2) is 12.8 Å². The maximum absolute atomic E-state index is 5.40. The van der Waals surface area contributed by atoms with Gasteiger partial charge in [-0.3, -0.25) is 0 Å². The molecule has 1 aromatic rings. The van der Waals surface area contributed by atoms with Crippen LogP contribution in [0.5, 0.6) is 11.5 Å². The van der Waals surface area contributed by atoms with Crippen LogP contribution in [-0.2, 0) is 6.54 Å². The molecule has 0 aromatic heterocycles. The highest BCUT2D eigenvalue weighted by molar-refractivity contribution is 5.44. The van der Waals surface area contributed by atoms with Gasteiger partial charge in [0.2, 0.25) is 6.79 Å². The number of hydrogen-bond acceptors (Lipinski definition) is 3. The fourth-order valence-electron chi connectivity index (χ4n) is 2.93. The van der Waals surface area contributed by atoms with Crippen molar-refractivity contribution in [3.63, 3.8) is 0 Å². The molecule has 1 aliphatic heterocycles. The number of fused-ring (bicyclic) bond motifs is 1. The maximum atomic E-state index is 5.40. The zero-order valence-corrected chi connectivity index (χ0v) is 10.9. The highest BCUT2D eigenvalue weighted by Gasteiger charge is 2.18. The van der Waals surface area contributed by atoms with Gasteiger partial charge >= 0.3 is 0 Å². The predicted octanol–water partition coefficient (Wildman–Crippen LogP) is 3.08. The summed E-state index contributed by atoms with van der Waals surface area (Å²) in [6, 6.07) is 6.89. The van der Waals surface area contributed by atoms with Crippen LogP contribution in [0.25, 0.3) is 0 Å². The number of benzene rings is 1. The van der Waals surface area contributed by atoms with E-state index in [1.54, 1.807) is 0 Å². The molecule has 0 saturated heterocycles. The molecule has 0 amide bonds. The van der Waals surface area contributed by atoms with Crippen LogP contribution >= 0.6 is 0 Å². The first kappa shape index (κ1) is 11.8. The molecule has 3 heteroatoms. The van der Waals surface area contributed by atoms with Gasteiger partial charge in [0.05, 0.1) is 0 Å². The molecular weight excluding hydrogens is 226 g/mol. The van der Waals surface area contributed by atoms with E-state index in [4.69, 9.17) is 9.47 Å². The molecular formula is C15H21NO2. The van der Waals surface area contributed by atoms with E-state index >= 15 is 0 Å². The fraction of sp³-hybridized carbons (Fsp3) is 0.600. The first-order valence-electron chi connectivity index (χ1n) is 6.93. The van der Waals surface area contributed by atoms with Crippen LogP contribution in [0.15, 0.2) is 18.2 Å². The topological polar surface area (TPSA) is 30.5 Å². The highest BCUT2D eigenvalue weighted by Crippen LogP contribution is 2.32. The van der Waals surface area contributed by atoms with Crippen LogP contribution < -0.4 is 14.8 Å². The van der Waals surface area contributed by atoms with Crippen molar-refractivity contribution in [1.29, 1.82) is 0 Å². The van der Waals surface area contributed by atoms with E-state index in [9.17, 15) is 0 Å². The van der Waals surface area contributed by atoms with Crippen molar-refractivity contribution >= 4 is 0 Å². The average Bonchev–Trinajstić information content (AvgIpc) is 2.84. The van der Waals surface area contributed by atoms with Crippen molar-refractivity contribution in [2.75, 3.05) is 6.79 Å². The standard InChI is InChI=1S/C15H21NO2/c1-11-3-2-4-13(7-11)16-9-12-5-6-14-15(8-12)18-10-17-14/h5-6,8,11,13,16H,2-4,7,9-10H2,1H3/t11-,13+/m0/s1. The van der Waals surface area contributed by atoms with E-state index in [1.807, 2.05) is 6.07 Å². The summed E-state index contributed by atoms with van der Waals surface area (Å²) in [5.74, 6) is 2.62. The first-order chi connectivity index (χ1) is 8.81. The minimum atomic E-state index is 0.354. The van der Waals surface area contributed by atoms with Gasteiger partial charge in [0.1, 0.15) is 0 Å². The second kappa shape index (κ2) is 5.19. The summed E-state index contributed by atoms with van der Waals surface area (Å²) >= 11 is 0. The van der Waals surface area contributed by atoms with Crippen molar-refractivity contribution in [3.05, 3.63) is 23.8 Å². The van der Waals surface area contributed by atoms with Crippen molar-refractivity contribution in [3.8, 4) is 11.5 Å². The van der Waals surface area contributed by atoms with Gasteiger partial charge in [0.15, 0.2) is 11.5 Å². The number of rotatable bonds is 3. The Morgan fingerprint density at radius 2 is 2.11 bits per heavy atom. The predicted molar refractivity (Wildman–Crippen MR) is 70.8 cm³/mol. The summed E-state index contributed by atoms with van der Waals surface area (Å²) in [4.78, 5) is 0. The van der Waals surface area contributed by atoms with Crippen LogP contribution in [0.1, 0.15) is 38.2 Å². The van der Waals surface area contributed by atoms with Crippen LogP contribution in [0, 0.1) is 5.92 Å². The Kier molecular flexibility index (Phi) is 3.41. The van der Waals surface area contributed by atoms with Gasteiger partial charge in [-0.25, -0.2) is 0 Å². The summed E-state index contributed by atoms with van der Waals surface area (Å²) < 4.78 is 10.7. The largest absolute Gasteiger partial charge is 0.454 e. The zero-order chi connectivity index (χ0) is 12.4. The van der Waals surface area contributed by atoms with Gasteiger partial charge in [-0.1, -0.05) is 25.8 Å². The van der Waals surface area contributed by atoms with Gasteiger partial charge in [-0.2, -0.15) is 0 Å². The van der Waals surface area contributed by atoms with Gasteiger partial charge in [-0.15, -0.1) is 0 Å². The molecule has 2 atom stereocenters. The lowest BCUT2D eigenvalue weighted by molar-refractivity contribution is 0.174. The van der Waals surface area contributed by atoms with Gasteiger partial charge < -0.3 is 14.8 Å². The molecule has 1 aliphatic carbocycles. The molecule has 1 saturated carbocycles. The molecule has 0 radical (unpaired) electrons. The van der Waals surface area contributed by atoms with Gasteiger partial charge in [0, 0.05) is 12.6 Å². The summed E-state index contributed by atoms with van der Waals surface area (Å²) in [6.45, 7) is 3.63. The molecule has 2 aliphatic rings. The third-order valence-corrected chi connectivity index (χ3v) is 3.97. The van der Waals surface area contributed by atoms with E-state index in [0.717, 1.165) is 24.0 Å². The van der Waals surface area contributed by atoms with E-state index in [-0.39, 0.29) is 0 Å². The van der Waals surface area contributed by atoms with E-state index < -0.39 is 0 Å². The molecule has 3 nitrogen and oxygen atoms in total. The molecule has 1 aromatic carbocycles. The molecule has 0 unspecified atom stereocenters. The summed E-state index contributed by atoms with van der Waals surface area (Å²) in [5.41, 5.74) is 1.28. The van der Waals surface area contributed by atoms with Crippen molar-refractivity contribution in [2.45, 2.75) is 45.2 Å². The Morgan fingerprint density at radius 1 is 1.22 bits per heavy atom. The minimum absolute atomic E-state index is 0.354. The second-order valence-electron chi connectivity index (χ2n) is 5.54. The lowest BCUT2D eigenvalue weighted by Gasteiger charge is -2.27. The fourth-order valence-corrected chi connectivity index (χ4v) is 2.93. The molecule has 0 spiro atoms. The van der Waals surface area contributed by atoms with E-state index in [1.165, 1.54) is 31.2 Å². The smallest absolute Gasteiger partial charge is 0.231 e. The molecule has 1 N–H and O–H groups in total.